The topological polar surface area (TPSA) is 9.86 Å². The number of para-hydroxylation sites is 3. The molecule has 0 N–H and O–H groups in total. The molecule has 0 saturated heterocycles. The summed E-state index contributed by atoms with van der Waals surface area (Å²) in [5, 5.41) is 10.0. The summed E-state index contributed by atoms with van der Waals surface area (Å²) < 4.78 is 5.04. The summed E-state index contributed by atoms with van der Waals surface area (Å²) in [6.45, 7) is 4.76. The van der Waals surface area contributed by atoms with Gasteiger partial charge in [0.25, 0.3) is 0 Å². The van der Waals surface area contributed by atoms with Crippen molar-refractivity contribution in [3.05, 3.63) is 230 Å². The molecule has 2 aromatic heterocycles. The smallest absolute Gasteiger partial charge is 0.0620 e. The quantitative estimate of drug-likeness (QED) is 0.153. The molecule has 2 heterocycles. The fourth-order valence-electron chi connectivity index (χ4n) is 11.1. The molecule has 0 aliphatic heterocycles. The summed E-state index contributed by atoms with van der Waals surface area (Å²) in [5.74, 6) is 0. The highest BCUT2D eigenvalue weighted by atomic mass is 15.0. The largest absolute Gasteiger partial charge is 0.309 e. The monoisotopic (exact) mass is 802 g/mol. The maximum Gasteiger partial charge on any atom is 0.0620 e. The van der Waals surface area contributed by atoms with Crippen LogP contribution in [0.3, 0.4) is 0 Å². The normalized spacial score (nSPS) is 13.0. The summed E-state index contributed by atoms with van der Waals surface area (Å²) in [4.78, 5) is 0. The Bertz CT molecular complexity index is 3770. The van der Waals surface area contributed by atoms with E-state index in [2.05, 4.69) is 241 Å². The van der Waals surface area contributed by atoms with Crippen LogP contribution in [0.1, 0.15) is 25.0 Å². The van der Waals surface area contributed by atoms with Crippen molar-refractivity contribution < 1.29 is 0 Å². The van der Waals surface area contributed by atoms with Crippen molar-refractivity contribution in [2.24, 2.45) is 0 Å². The minimum atomic E-state index is -0.152. The zero-order chi connectivity index (χ0) is 41.8. The molecule has 0 saturated carbocycles. The van der Waals surface area contributed by atoms with Crippen molar-refractivity contribution in [1.82, 2.24) is 9.13 Å². The first-order valence-electron chi connectivity index (χ1n) is 22.0. The average Bonchev–Trinajstić information content (AvgIpc) is 3.95. The number of benzene rings is 10. The Kier molecular flexibility index (Phi) is 7.68. The number of fused-ring (bicyclic) bond motifs is 11. The second-order valence-corrected chi connectivity index (χ2v) is 17.6. The molecule has 296 valence electrons. The van der Waals surface area contributed by atoms with Gasteiger partial charge in [0.2, 0.25) is 0 Å². The number of rotatable bonds is 5. The lowest BCUT2D eigenvalue weighted by atomic mass is 9.82. The van der Waals surface area contributed by atoms with Crippen LogP contribution in [0.25, 0.3) is 110 Å². The van der Waals surface area contributed by atoms with Crippen LogP contribution in [0.4, 0.5) is 0 Å². The van der Waals surface area contributed by atoms with E-state index in [1.807, 2.05) is 0 Å². The second-order valence-electron chi connectivity index (χ2n) is 17.6. The van der Waals surface area contributed by atoms with Crippen LogP contribution in [0.2, 0.25) is 0 Å². The zero-order valence-corrected chi connectivity index (χ0v) is 35.2. The van der Waals surface area contributed by atoms with E-state index in [0.717, 1.165) is 11.4 Å². The van der Waals surface area contributed by atoms with E-state index in [-0.39, 0.29) is 5.41 Å². The van der Waals surface area contributed by atoms with Crippen LogP contribution in [0.5, 0.6) is 0 Å². The Morgan fingerprint density at radius 3 is 1.40 bits per heavy atom. The molecule has 0 atom stereocenters. The first-order chi connectivity index (χ1) is 31.1. The number of aromatic nitrogens is 2. The standard InChI is InChI=1S/C61H42N2/c1-61(2)53-30-16-13-27-48(53)49-36-34-42(38-54(49)61)63-56-32-18-15-29-51(56)58(60(63)40-33-35-47-45-25-10-9-23-43(45)44-24-11-12-26-46(44)52(47)37-40)57-50-28-14-17-31-55(50)62(41-21-7-4-8-22-41)59(57)39-19-5-3-6-20-39/h3-38H,1-2H3. The molecule has 0 radical (unpaired) electrons. The Morgan fingerprint density at radius 1 is 0.302 bits per heavy atom. The molecule has 63 heavy (non-hydrogen) atoms. The zero-order valence-electron chi connectivity index (χ0n) is 35.2. The molecule has 0 unspecified atom stereocenters. The molecule has 2 heteroatoms. The molecule has 0 fully saturated rings. The van der Waals surface area contributed by atoms with Gasteiger partial charge in [-0.15, -0.1) is 0 Å². The fourth-order valence-corrected chi connectivity index (χ4v) is 11.1. The molecule has 2 nitrogen and oxygen atoms in total. The Balaban J connectivity index is 1.21. The van der Waals surface area contributed by atoms with Gasteiger partial charge in [0.05, 0.1) is 22.4 Å². The van der Waals surface area contributed by atoms with E-state index < -0.39 is 0 Å². The van der Waals surface area contributed by atoms with Crippen LogP contribution in [0, 0.1) is 0 Å². The number of nitrogens with zero attached hydrogens (tertiary/aromatic N) is 2. The minimum Gasteiger partial charge on any atom is -0.309 e. The van der Waals surface area contributed by atoms with E-state index in [9.17, 15) is 0 Å². The SMILES string of the molecule is CC1(C)c2ccccc2-c2ccc(-n3c(-c4ccc5c6ccccc6c6ccccc6c5c4)c(-c4c(-c5ccccc5)n(-c5ccccc5)c5ccccc45)c4ccccc43)cc21. The molecular formula is C61H42N2. The van der Waals surface area contributed by atoms with Crippen LogP contribution in [-0.2, 0) is 5.41 Å². The van der Waals surface area contributed by atoms with Crippen LogP contribution in [0.15, 0.2) is 218 Å². The maximum atomic E-state index is 2.57. The van der Waals surface area contributed by atoms with E-state index in [1.165, 1.54) is 110 Å². The molecule has 0 bridgehead atoms. The van der Waals surface area contributed by atoms with Gasteiger partial charge in [0.1, 0.15) is 0 Å². The van der Waals surface area contributed by atoms with Gasteiger partial charge in [-0.3, -0.25) is 0 Å². The lowest BCUT2D eigenvalue weighted by Crippen LogP contribution is -2.15. The number of hydrogen-bond donors (Lipinski definition) is 0. The van der Waals surface area contributed by atoms with Gasteiger partial charge < -0.3 is 9.13 Å². The van der Waals surface area contributed by atoms with Crippen LogP contribution >= 0.6 is 0 Å². The second kappa shape index (κ2) is 13.5. The summed E-state index contributed by atoms with van der Waals surface area (Å²) in [5.41, 5.74) is 17.0. The molecule has 0 spiro atoms. The first-order valence-corrected chi connectivity index (χ1v) is 22.0. The predicted octanol–water partition coefficient (Wildman–Crippen LogP) is 16.3. The fraction of sp³-hybridized carbons (Fsp3) is 0.0492. The van der Waals surface area contributed by atoms with Gasteiger partial charge >= 0.3 is 0 Å². The summed E-state index contributed by atoms with van der Waals surface area (Å²) >= 11 is 0. The summed E-state index contributed by atoms with van der Waals surface area (Å²) in [7, 11) is 0. The highest BCUT2D eigenvalue weighted by Gasteiger charge is 2.36. The van der Waals surface area contributed by atoms with Crippen molar-refractivity contribution in [3.63, 3.8) is 0 Å². The first kappa shape index (κ1) is 35.8. The van der Waals surface area contributed by atoms with Crippen LogP contribution in [-0.4, -0.2) is 9.13 Å². The lowest BCUT2D eigenvalue weighted by molar-refractivity contribution is 0.660. The maximum absolute atomic E-state index is 2.57. The van der Waals surface area contributed by atoms with Crippen molar-refractivity contribution in [2.75, 3.05) is 0 Å². The van der Waals surface area contributed by atoms with Gasteiger partial charge in [0.15, 0.2) is 0 Å². The highest BCUT2D eigenvalue weighted by Crippen LogP contribution is 2.53. The van der Waals surface area contributed by atoms with E-state index >= 15 is 0 Å². The third kappa shape index (κ3) is 5.13. The van der Waals surface area contributed by atoms with Gasteiger partial charge in [-0.1, -0.05) is 190 Å². The highest BCUT2D eigenvalue weighted by molar-refractivity contribution is 6.26. The molecule has 13 rings (SSSR count). The summed E-state index contributed by atoms with van der Waals surface area (Å²) in [6.07, 6.45) is 0. The van der Waals surface area contributed by atoms with E-state index in [4.69, 9.17) is 0 Å². The van der Waals surface area contributed by atoms with Gasteiger partial charge in [-0.05, 0) is 108 Å². The van der Waals surface area contributed by atoms with Crippen molar-refractivity contribution in [1.29, 1.82) is 0 Å². The van der Waals surface area contributed by atoms with Gasteiger partial charge in [0, 0.05) is 38.7 Å². The Hall–Kier alpha value is -7.94. The molecule has 1 aliphatic carbocycles. The Morgan fingerprint density at radius 2 is 0.762 bits per heavy atom. The minimum absolute atomic E-state index is 0.152. The number of hydrogen-bond acceptors (Lipinski definition) is 0. The van der Waals surface area contributed by atoms with Crippen molar-refractivity contribution in [3.8, 4) is 56.1 Å². The molecule has 1 aliphatic rings. The molecule has 0 amide bonds. The molecule has 10 aromatic carbocycles. The molecular weight excluding hydrogens is 761 g/mol. The lowest BCUT2D eigenvalue weighted by Gasteiger charge is -2.23. The average molecular weight is 803 g/mol. The predicted molar refractivity (Wildman–Crippen MR) is 266 cm³/mol. The van der Waals surface area contributed by atoms with Crippen molar-refractivity contribution >= 4 is 54.1 Å². The van der Waals surface area contributed by atoms with Gasteiger partial charge in [-0.2, -0.15) is 0 Å². The van der Waals surface area contributed by atoms with E-state index in [0.29, 0.717) is 0 Å². The molecule has 12 aromatic rings. The Labute approximate surface area is 366 Å². The van der Waals surface area contributed by atoms with Crippen LogP contribution < -0.4 is 0 Å². The third-order valence-corrected chi connectivity index (χ3v) is 13.9. The van der Waals surface area contributed by atoms with Crippen molar-refractivity contribution in [2.45, 2.75) is 19.3 Å². The van der Waals surface area contributed by atoms with E-state index in [1.54, 1.807) is 0 Å². The van der Waals surface area contributed by atoms with Gasteiger partial charge in [-0.25, -0.2) is 0 Å². The summed E-state index contributed by atoms with van der Waals surface area (Å²) in [6, 6.07) is 81.1. The third-order valence-electron chi connectivity index (χ3n) is 13.9.